The second-order valence-corrected chi connectivity index (χ2v) is 13.5. The van der Waals surface area contributed by atoms with E-state index in [-0.39, 0.29) is 0 Å². The monoisotopic (exact) mass is 570 g/mol. The first-order valence-electron chi connectivity index (χ1n) is 16.6. The summed E-state index contributed by atoms with van der Waals surface area (Å²) in [4.78, 5) is 8.51. The van der Waals surface area contributed by atoms with Crippen molar-refractivity contribution in [2.75, 3.05) is 11.4 Å². The van der Waals surface area contributed by atoms with E-state index in [1.807, 2.05) is 11.3 Å². The normalized spacial score (nSPS) is 19.3. The van der Waals surface area contributed by atoms with Crippen LogP contribution in [-0.4, -0.2) is 11.5 Å². The van der Waals surface area contributed by atoms with Crippen LogP contribution in [0, 0.1) is 18.8 Å². The average Bonchev–Trinajstić information content (AvgIpc) is 3.50. The van der Waals surface area contributed by atoms with Crippen LogP contribution in [0.25, 0.3) is 10.4 Å². The minimum atomic E-state index is 0.624. The minimum absolute atomic E-state index is 0.624. The van der Waals surface area contributed by atoms with E-state index >= 15 is 0 Å². The molecule has 0 unspecified atom stereocenters. The Labute approximate surface area is 255 Å². The van der Waals surface area contributed by atoms with Crippen molar-refractivity contribution in [2.24, 2.45) is 11.8 Å². The second-order valence-electron chi connectivity index (χ2n) is 12.4. The van der Waals surface area contributed by atoms with Gasteiger partial charge in [-0.15, -0.1) is 11.3 Å². The molecule has 222 valence electrons. The molecule has 2 aliphatic carbocycles. The van der Waals surface area contributed by atoms with Gasteiger partial charge >= 0.3 is 0 Å². The van der Waals surface area contributed by atoms with Crippen LogP contribution in [0.1, 0.15) is 120 Å². The first-order valence-corrected chi connectivity index (χ1v) is 17.4. The molecule has 0 spiro atoms. The third-order valence-corrected chi connectivity index (χ3v) is 10.4. The van der Waals surface area contributed by atoms with Crippen molar-refractivity contribution in [3.05, 3.63) is 82.6 Å². The molecule has 2 aliphatic rings. The molecular weight excluding hydrogens is 516 g/mol. The van der Waals surface area contributed by atoms with Gasteiger partial charge in [0.15, 0.2) is 0 Å². The topological polar surface area (TPSA) is 16.1 Å². The fourth-order valence-corrected chi connectivity index (χ4v) is 7.64. The van der Waals surface area contributed by atoms with Gasteiger partial charge in [0.2, 0.25) is 0 Å². The predicted molar refractivity (Wildman–Crippen MR) is 181 cm³/mol. The highest BCUT2D eigenvalue weighted by Gasteiger charge is 2.28. The van der Waals surface area contributed by atoms with E-state index in [0.717, 1.165) is 25.3 Å². The summed E-state index contributed by atoms with van der Waals surface area (Å²) in [5.74, 6) is 2.06. The van der Waals surface area contributed by atoms with Gasteiger partial charge in [0, 0.05) is 24.1 Å². The molecule has 0 amide bonds. The van der Waals surface area contributed by atoms with E-state index in [2.05, 4.69) is 93.2 Å². The maximum Gasteiger partial charge on any atom is 0.0928 e. The van der Waals surface area contributed by atoms with Gasteiger partial charge in [-0.05, 0) is 110 Å². The molecular formula is C38H54N2S. The van der Waals surface area contributed by atoms with Gasteiger partial charge in [0.05, 0.1) is 9.88 Å². The Morgan fingerprint density at radius 1 is 0.902 bits per heavy atom. The van der Waals surface area contributed by atoms with Crippen molar-refractivity contribution in [3.8, 4) is 10.4 Å². The predicted octanol–water partition coefficient (Wildman–Crippen LogP) is 11.5. The molecule has 0 N–H and O–H groups in total. The SMILES string of the molecule is C=C(C1CCCCC1)N(CC1CCC(c2ccc(CC)c(C)c2)CC1)c1cccc(-c2cnc(CC)s2)c1.CCC. The van der Waals surface area contributed by atoms with Crippen LogP contribution in [0.2, 0.25) is 0 Å². The van der Waals surface area contributed by atoms with E-state index in [0.29, 0.717) is 11.8 Å². The molecule has 2 saturated carbocycles. The standard InChI is InChI=1S/C35H46N2S.C3H8/c1-5-28-19-20-31(21-25(28)3)30-17-15-27(16-18-30)24-37(26(4)29-11-8-7-9-12-29)33-14-10-13-32(22-33)34-23-36-35(6-2)38-34;1-3-2/h10,13-14,19-23,27,29-30H,4-9,11-12,15-18,24H2,1-3H3;3H2,1-2H3. The Morgan fingerprint density at radius 2 is 1.63 bits per heavy atom. The lowest BCUT2D eigenvalue weighted by atomic mass is 9.77. The number of hydrogen-bond donors (Lipinski definition) is 0. The number of benzene rings is 2. The highest BCUT2D eigenvalue weighted by Crippen LogP contribution is 2.40. The number of anilines is 1. The zero-order chi connectivity index (χ0) is 29.2. The van der Waals surface area contributed by atoms with Crippen molar-refractivity contribution in [2.45, 2.75) is 118 Å². The third-order valence-electron chi connectivity index (χ3n) is 9.23. The highest BCUT2D eigenvalue weighted by atomic mass is 32.1. The fraction of sp³-hybridized carbons (Fsp3) is 0.553. The van der Waals surface area contributed by atoms with E-state index in [4.69, 9.17) is 6.58 Å². The molecule has 3 aromatic rings. The van der Waals surface area contributed by atoms with Crippen LogP contribution in [0.5, 0.6) is 0 Å². The lowest BCUT2D eigenvalue weighted by molar-refractivity contribution is 0.323. The highest BCUT2D eigenvalue weighted by molar-refractivity contribution is 7.15. The van der Waals surface area contributed by atoms with Crippen molar-refractivity contribution >= 4 is 17.0 Å². The second kappa shape index (κ2) is 15.7. The molecule has 5 rings (SSSR count). The van der Waals surface area contributed by atoms with Crippen LogP contribution >= 0.6 is 11.3 Å². The first kappa shape index (κ1) is 31.5. The minimum Gasteiger partial charge on any atom is -0.345 e. The zero-order valence-electron chi connectivity index (χ0n) is 26.6. The maximum absolute atomic E-state index is 4.75. The number of allylic oxidation sites excluding steroid dienone is 1. The number of nitrogens with zero attached hydrogens (tertiary/aromatic N) is 2. The first-order chi connectivity index (χ1) is 20.0. The third kappa shape index (κ3) is 8.34. The number of thiazole rings is 1. The Hall–Kier alpha value is -2.39. The van der Waals surface area contributed by atoms with Gasteiger partial charge in [-0.25, -0.2) is 4.98 Å². The fourth-order valence-electron chi connectivity index (χ4n) is 6.79. The molecule has 1 aromatic heterocycles. The van der Waals surface area contributed by atoms with E-state index in [1.165, 1.54) is 102 Å². The summed E-state index contributed by atoms with van der Waals surface area (Å²) in [6.45, 7) is 16.8. The number of aryl methyl sites for hydroxylation is 3. The molecule has 2 nitrogen and oxygen atoms in total. The molecule has 2 fully saturated rings. The van der Waals surface area contributed by atoms with Gasteiger partial charge in [-0.3, -0.25) is 0 Å². The van der Waals surface area contributed by atoms with E-state index in [1.54, 1.807) is 5.56 Å². The molecule has 0 atom stereocenters. The number of rotatable bonds is 9. The van der Waals surface area contributed by atoms with Crippen molar-refractivity contribution in [1.29, 1.82) is 0 Å². The van der Waals surface area contributed by atoms with Gasteiger partial charge < -0.3 is 4.90 Å². The summed E-state index contributed by atoms with van der Waals surface area (Å²) in [5, 5.41) is 1.21. The smallest absolute Gasteiger partial charge is 0.0928 e. The molecule has 0 radical (unpaired) electrons. The summed E-state index contributed by atoms with van der Waals surface area (Å²) in [5.41, 5.74) is 8.48. The lowest BCUT2D eigenvalue weighted by Crippen LogP contribution is -2.33. The Bertz CT molecular complexity index is 1230. The van der Waals surface area contributed by atoms with Crippen molar-refractivity contribution < 1.29 is 0 Å². The zero-order valence-corrected chi connectivity index (χ0v) is 27.4. The molecule has 0 saturated heterocycles. The molecule has 2 aromatic carbocycles. The van der Waals surface area contributed by atoms with Crippen LogP contribution in [0.15, 0.2) is 60.9 Å². The molecule has 1 heterocycles. The van der Waals surface area contributed by atoms with Crippen molar-refractivity contribution in [3.63, 3.8) is 0 Å². The Kier molecular flexibility index (Phi) is 12.1. The molecule has 41 heavy (non-hydrogen) atoms. The van der Waals surface area contributed by atoms with Crippen LogP contribution in [0.4, 0.5) is 5.69 Å². The summed E-state index contributed by atoms with van der Waals surface area (Å²) >= 11 is 1.83. The largest absolute Gasteiger partial charge is 0.345 e. The summed E-state index contributed by atoms with van der Waals surface area (Å²) in [6.07, 6.45) is 17.3. The number of hydrogen-bond acceptors (Lipinski definition) is 3. The van der Waals surface area contributed by atoms with Gasteiger partial charge in [-0.2, -0.15) is 0 Å². The summed E-state index contributed by atoms with van der Waals surface area (Å²) in [6, 6.07) is 16.4. The van der Waals surface area contributed by atoms with Crippen molar-refractivity contribution in [1.82, 2.24) is 4.98 Å². The Balaban J connectivity index is 0.00000124. The summed E-state index contributed by atoms with van der Waals surface area (Å²) < 4.78 is 0. The van der Waals surface area contributed by atoms with Crippen LogP contribution in [0.3, 0.4) is 0 Å². The summed E-state index contributed by atoms with van der Waals surface area (Å²) in [7, 11) is 0. The van der Waals surface area contributed by atoms with Gasteiger partial charge in [0.1, 0.15) is 0 Å². The average molecular weight is 571 g/mol. The van der Waals surface area contributed by atoms with Crippen LogP contribution < -0.4 is 4.90 Å². The number of aromatic nitrogens is 1. The maximum atomic E-state index is 4.75. The van der Waals surface area contributed by atoms with Crippen LogP contribution in [-0.2, 0) is 12.8 Å². The lowest BCUT2D eigenvalue weighted by Gasteiger charge is -2.38. The molecule has 3 heteroatoms. The quantitative estimate of drug-likeness (QED) is 0.254. The van der Waals surface area contributed by atoms with E-state index < -0.39 is 0 Å². The Morgan fingerprint density at radius 3 is 2.27 bits per heavy atom. The van der Waals surface area contributed by atoms with Gasteiger partial charge in [0.25, 0.3) is 0 Å². The molecule has 0 aliphatic heterocycles. The van der Waals surface area contributed by atoms with E-state index in [9.17, 15) is 0 Å². The molecule has 0 bridgehead atoms. The van der Waals surface area contributed by atoms with Gasteiger partial charge in [-0.1, -0.05) is 90.3 Å².